The number of hydrogen-bond acceptors (Lipinski definition) is 2. The molecule has 0 fully saturated rings. The summed E-state index contributed by atoms with van der Waals surface area (Å²) in [6.45, 7) is 11.4. The van der Waals surface area contributed by atoms with Gasteiger partial charge in [0.1, 0.15) is 6.04 Å². The second kappa shape index (κ2) is 12.1. The molecule has 0 spiro atoms. The van der Waals surface area contributed by atoms with Crippen LogP contribution in [0.15, 0.2) is 48.5 Å². The molecule has 174 valence electrons. The van der Waals surface area contributed by atoms with Crippen molar-refractivity contribution in [2.45, 2.75) is 78.3 Å². The van der Waals surface area contributed by atoms with E-state index in [1.807, 2.05) is 24.3 Å². The van der Waals surface area contributed by atoms with Gasteiger partial charge in [-0.15, -0.1) is 0 Å². The number of hydrogen-bond donors (Lipinski definition) is 1. The van der Waals surface area contributed by atoms with Gasteiger partial charge in [0.25, 0.3) is 0 Å². The number of aryl methyl sites for hydroxylation is 1. The van der Waals surface area contributed by atoms with Crippen molar-refractivity contribution < 1.29 is 9.59 Å². The molecular weight excluding hydrogens is 420 g/mol. The number of halogens is 1. The molecule has 0 bridgehead atoms. The van der Waals surface area contributed by atoms with Crippen LogP contribution >= 0.6 is 11.6 Å². The van der Waals surface area contributed by atoms with Crippen LogP contribution in [0.1, 0.15) is 70.6 Å². The summed E-state index contributed by atoms with van der Waals surface area (Å²) >= 11 is 6.35. The average molecular weight is 457 g/mol. The lowest BCUT2D eigenvalue weighted by Gasteiger charge is -2.29. The van der Waals surface area contributed by atoms with E-state index in [4.69, 9.17) is 11.6 Å². The summed E-state index contributed by atoms with van der Waals surface area (Å²) in [6, 6.07) is 15.3. The van der Waals surface area contributed by atoms with Crippen molar-refractivity contribution in [3.63, 3.8) is 0 Å². The van der Waals surface area contributed by atoms with Gasteiger partial charge in [-0.05, 0) is 47.9 Å². The SMILES string of the molecule is CCCCNC(=O)C(C)N(Cc1ccccc1Cl)C(=O)CCc1ccc(C(C)(C)C)cc1. The van der Waals surface area contributed by atoms with Crippen molar-refractivity contribution in [2.24, 2.45) is 0 Å². The first-order valence-corrected chi connectivity index (χ1v) is 11.9. The second-order valence-electron chi connectivity index (χ2n) is 9.38. The van der Waals surface area contributed by atoms with E-state index < -0.39 is 6.04 Å². The van der Waals surface area contributed by atoms with Crippen molar-refractivity contribution in [1.29, 1.82) is 0 Å². The van der Waals surface area contributed by atoms with E-state index in [9.17, 15) is 9.59 Å². The van der Waals surface area contributed by atoms with Crippen LogP contribution in [0, 0.1) is 0 Å². The van der Waals surface area contributed by atoms with E-state index >= 15 is 0 Å². The van der Waals surface area contributed by atoms with Crippen LogP contribution < -0.4 is 5.32 Å². The molecule has 0 aliphatic carbocycles. The molecule has 1 N–H and O–H groups in total. The molecule has 32 heavy (non-hydrogen) atoms. The zero-order valence-corrected chi connectivity index (χ0v) is 20.8. The highest BCUT2D eigenvalue weighted by atomic mass is 35.5. The Balaban J connectivity index is 2.12. The molecule has 1 unspecified atom stereocenters. The van der Waals surface area contributed by atoms with Gasteiger partial charge < -0.3 is 10.2 Å². The molecule has 2 aromatic carbocycles. The monoisotopic (exact) mass is 456 g/mol. The van der Waals surface area contributed by atoms with Crippen LogP contribution in [0.25, 0.3) is 0 Å². The van der Waals surface area contributed by atoms with E-state index in [-0.39, 0.29) is 17.2 Å². The van der Waals surface area contributed by atoms with Crippen LogP contribution in [0.2, 0.25) is 5.02 Å². The molecule has 4 nitrogen and oxygen atoms in total. The fourth-order valence-corrected chi connectivity index (χ4v) is 3.69. The Labute approximate surface area is 198 Å². The summed E-state index contributed by atoms with van der Waals surface area (Å²) in [5, 5.41) is 3.55. The summed E-state index contributed by atoms with van der Waals surface area (Å²) in [5.74, 6) is -0.184. The molecule has 0 saturated carbocycles. The zero-order chi connectivity index (χ0) is 23.7. The molecule has 5 heteroatoms. The Morgan fingerprint density at radius 2 is 1.72 bits per heavy atom. The molecule has 0 heterocycles. The Morgan fingerprint density at radius 3 is 2.31 bits per heavy atom. The van der Waals surface area contributed by atoms with E-state index in [1.165, 1.54) is 5.56 Å². The molecule has 2 aromatic rings. The summed E-state index contributed by atoms with van der Waals surface area (Å²) < 4.78 is 0. The normalized spacial score (nSPS) is 12.3. The summed E-state index contributed by atoms with van der Waals surface area (Å²) in [6.07, 6.45) is 2.89. The highest BCUT2D eigenvalue weighted by Crippen LogP contribution is 2.23. The Morgan fingerprint density at radius 1 is 1.06 bits per heavy atom. The zero-order valence-electron chi connectivity index (χ0n) is 20.1. The third-order valence-corrected chi connectivity index (χ3v) is 6.11. The fourth-order valence-electron chi connectivity index (χ4n) is 3.50. The van der Waals surface area contributed by atoms with Gasteiger partial charge in [0.05, 0.1) is 0 Å². The van der Waals surface area contributed by atoms with Crippen LogP contribution in [-0.2, 0) is 28.0 Å². The van der Waals surface area contributed by atoms with Gasteiger partial charge in [-0.2, -0.15) is 0 Å². The molecule has 1 atom stereocenters. The predicted molar refractivity (Wildman–Crippen MR) is 133 cm³/mol. The van der Waals surface area contributed by atoms with Gasteiger partial charge in [0.15, 0.2) is 0 Å². The molecule has 0 saturated heterocycles. The van der Waals surface area contributed by atoms with Crippen molar-refractivity contribution in [3.05, 3.63) is 70.2 Å². The summed E-state index contributed by atoms with van der Waals surface area (Å²) in [4.78, 5) is 27.6. The van der Waals surface area contributed by atoms with Crippen molar-refractivity contribution in [2.75, 3.05) is 6.54 Å². The largest absolute Gasteiger partial charge is 0.354 e. The first kappa shape index (κ1) is 25.9. The maximum Gasteiger partial charge on any atom is 0.242 e. The molecular formula is C27H37ClN2O2. The standard InChI is InChI=1S/C27H37ClN2O2/c1-6-7-18-29-26(32)20(2)30(19-22-10-8-9-11-24(22)28)25(31)17-14-21-12-15-23(16-13-21)27(3,4)5/h8-13,15-16,20H,6-7,14,17-19H2,1-5H3,(H,29,32). The quantitative estimate of drug-likeness (QED) is 0.452. The average Bonchev–Trinajstić information content (AvgIpc) is 2.76. The maximum atomic E-state index is 13.2. The number of nitrogens with one attached hydrogen (secondary N) is 1. The lowest BCUT2D eigenvalue weighted by molar-refractivity contribution is -0.140. The summed E-state index contributed by atoms with van der Waals surface area (Å²) in [7, 11) is 0. The molecule has 0 radical (unpaired) electrons. The van der Waals surface area contributed by atoms with Gasteiger partial charge in [0, 0.05) is 24.5 Å². The van der Waals surface area contributed by atoms with Crippen molar-refractivity contribution >= 4 is 23.4 Å². The topological polar surface area (TPSA) is 49.4 Å². The lowest BCUT2D eigenvalue weighted by Crippen LogP contribution is -2.47. The lowest BCUT2D eigenvalue weighted by atomic mass is 9.86. The number of rotatable bonds is 10. The van der Waals surface area contributed by atoms with Gasteiger partial charge in [-0.1, -0.05) is 88.2 Å². The number of unbranched alkanes of at least 4 members (excludes halogenated alkanes) is 1. The first-order chi connectivity index (χ1) is 15.1. The van der Waals surface area contributed by atoms with Gasteiger partial charge >= 0.3 is 0 Å². The molecule has 0 aromatic heterocycles. The number of nitrogens with zero attached hydrogens (tertiary/aromatic N) is 1. The Kier molecular flexibility index (Phi) is 9.77. The smallest absolute Gasteiger partial charge is 0.242 e. The molecule has 2 amide bonds. The van der Waals surface area contributed by atoms with Crippen molar-refractivity contribution in [1.82, 2.24) is 10.2 Å². The number of benzene rings is 2. The maximum absolute atomic E-state index is 13.2. The molecule has 0 aliphatic heterocycles. The third kappa shape index (κ3) is 7.67. The highest BCUT2D eigenvalue weighted by Gasteiger charge is 2.26. The van der Waals surface area contributed by atoms with Gasteiger partial charge in [-0.25, -0.2) is 0 Å². The van der Waals surface area contributed by atoms with Crippen molar-refractivity contribution in [3.8, 4) is 0 Å². The van der Waals surface area contributed by atoms with Crippen LogP contribution in [0.4, 0.5) is 0 Å². The third-order valence-electron chi connectivity index (χ3n) is 5.74. The molecule has 0 aliphatic rings. The number of amides is 2. The number of carbonyl (C=O) groups excluding carboxylic acids is 2. The second-order valence-corrected chi connectivity index (χ2v) is 9.79. The first-order valence-electron chi connectivity index (χ1n) is 11.5. The van der Waals surface area contributed by atoms with E-state index in [0.29, 0.717) is 31.0 Å². The van der Waals surface area contributed by atoms with Gasteiger partial charge in [-0.3, -0.25) is 9.59 Å². The minimum Gasteiger partial charge on any atom is -0.354 e. The van der Waals surface area contributed by atoms with E-state index in [0.717, 1.165) is 24.0 Å². The van der Waals surface area contributed by atoms with Gasteiger partial charge in [0.2, 0.25) is 11.8 Å². The number of carbonyl (C=O) groups is 2. The van der Waals surface area contributed by atoms with E-state index in [1.54, 1.807) is 11.8 Å². The Hall–Kier alpha value is -2.33. The molecule has 2 rings (SSSR count). The van der Waals surface area contributed by atoms with Crippen LogP contribution in [-0.4, -0.2) is 29.3 Å². The van der Waals surface area contributed by atoms with Crippen LogP contribution in [0.5, 0.6) is 0 Å². The Bertz CT molecular complexity index is 887. The minimum absolute atomic E-state index is 0.0528. The highest BCUT2D eigenvalue weighted by molar-refractivity contribution is 6.31. The minimum atomic E-state index is -0.570. The predicted octanol–water partition coefficient (Wildman–Crippen LogP) is 5.90. The van der Waals surface area contributed by atoms with E-state index in [2.05, 4.69) is 57.3 Å². The van der Waals surface area contributed by atoms with Crippen LogP contribution in [0.3, 0.4) is 0 Å². The fraction of sp³-hybridized carbons (Fsp3) is 0.481. The summed E-state index contributed by atoms with van der Waals surface area (Å²) in [5.41, 5.74) is 3.32.